The largest absolute Gasteiger partial charge is 0.364 e. The van der Waals surface area contributed by atoms with Crippen molar-refractivity contribution in [2.24, 2.45) is 11.3 Å². The summed E-state index contributed by atoms with van der Waals surface area (Å²) in [7, 11) is 0. The second kappa shape index (κ2) is 9.23. The number of nitrogens with zero attached hydrogens (tertiary/aromatic N) is 4. The van der Waals surface area contributed by atoms with Gasteiger partial charge in [0.25, 0.3) is 0 Å². The fourth-order valence-corrected chi connectivity index (χ4v) is 7.52. The van der Waals surface area contributed by atoms with Gasteiger partial charge in [-0.05, 0) is 88.1 Å². The summed E-state index contributed by atoms with van der Waals surface area (Å²) in [5.41, 5.74) is 3.41. The quantitative estimate of drug-likeness (QED) is 0.383. The molecule has 1 saturated heterocycles. The topological polar surface area (TPSA) is 61.4 Å². The Bertz CT molecular complexity index is 1560. The number of aromatic nitrogens is 2. The van der Waals surface area contributed by atoms with Crippen LogP contribution in [0.15, 0.2) is 36.7 Å². The summed E-state index contributed by atoms with van der Waals surface area (Å²) >= 11 is 0. The molecule has 8 heteroatoms. The van der Waals surface area contributed by atoms with Crippen LogP contribution in [0.5, 0.6) is 0 Å². The zero-order chi connectivity index (χ0) is 28.7. The van der Waals surface area contributed by atoms with E-state index in [1.165, 1.54) is 32.3 Å². The molecule has 3 aromatic rings. The Balaban J connectivity index is 1.21. The molecule has 0 radical (unpaired) electrons. The van der Waals surface area contributed by atoms with Gasteiger partial charge in [-0.3, -0.25) is 4.79 Å². The van der Waals surface area contributed by atoms with E-state index in [9.17, 15) is 9.18 Å². The van der Waals surface area contributed by atoms with Gasteiger partial charge in [0.1, 0.15) is 23.3 Å². The number of pyridine rings is 2. The van der Waals surface area contributed by atoms with Crippen LogP contribution in [0.3, 0.4) is 0 Å². The summed E-state index contributed by atoms with van der Waals surface area (Å²) in [6.45, 7) is 9.34. The molecule has 0 bridgehead atoms. The summed E-state index contributed by atoms with van der Waals surface area (Å²) in [5, 5.41) is 3.59. The van der Waals surface area contributed by atoms with E-state index in [4.69, 9.17) is 4.98 Å². The van der Waals surface area contributed by atoms with Crippen LogP contribution in [0.2, 0.25) is 0 Å². The highest BCUT2D eigenvalue weighted by Gasteiger charge is 2.59. The van der Waals surface area contributed by atoms with Crippen LogP contribution in [0.1, 0.15) is 66.8 Å². The smallest absolute Gasteiger partial charge is 0.229 e. The summed E-state index contributed by atoms with van der Waals surface area (Å²) < 4.78 is 30.1. The molecule has 2 aliphatic heterocycles. The molecule has 1 aromatic carbocycles. The first kappa shape index (κ1) is 26.4. The fraction of sp³-hybridized carbons (Fsp3) is 0.485. The highest BCUT2D eigenvalue weighted by Crippen LogP contribution is 2.60. The average molecular weight is 558 g/mol. The van der Waals surface area contributed by atoms with Gasteiger partial charge in [-0.2, -0.15) is 0 Å². The van der Waals surface area contributed by atoms with Crippen molar-refractivity contribution in [3.63, 3.8) is 0 Å². The first-order valence-corrected chi connectivity index (χ1v) is 14.8. The van der Waals surface area contributed by atoms with Gasteiger partial charge in [0.05, 0.1) is 23.3 Å². The Morgan fingerprint density at radius 1 is 1.05 bits per heavy atom. The number of hydrogen-bond donors (Lipinski definition) is 1. The monoisotopic (exact) mass is 557 g/mol. The number of likely N-dealkylation sites (tertiary alicyclic amines) is 1. The Hall–Kier alpha value is -3.55. The molecule has 2 aliphatic carbocycles. The van der Waals surface area contributed by atoms with Crippen LogP contribution >= 0.6 is 0 Å². The number of amides is 1. The number of hydrogen-bond acceptors (Lipinski definition) is 5. The molecule has 1 atom stereocenters. The van der Waals surface area contributed by atoms with Gasteiger partial charge in [0.2, 0.25) is 5.91 Å². The number of carbonyl (C=O) groups is 1. The molecule has 0 spiro atoms. The van der Waals surface area contributed by atoms with E-state index in [1.54, 1.807) is 12.3 Å². The van der Waals surface area contributed by atoms with Gasteiger partial charge in [-0.15, -0.1) is 0 Å². The third kappa shape index (κ3) is 3.89. The van der Waals surface area contributed by atoms with Gasteiger partial charge in [0, 0.05) is 42.4 Å². The minimum atomic E-state index is -0.770. The lowest BCUT2D eigenvalue weighted by atomic mass is 9.72. The van der Waals surface area contributed by atoms with Crippen molar-refractivity contribution < 1.29 is 13.6 Å². The van der Waals surface area contributed by atoms with E-state index in [0.29, 0.717) is 37.0 Å². The number of nitrogens with one attached hydrogen (secondary N) is 1. The minimum Gasteiger partial charge on any atom is -0.364 e. The molecule has 3 fully saturated rings. The number of carbonyl (C=O) groups excluding carboxylic acids is 1. The summed E-state index contributed by atoms with van der Waals surface area (Å²) in [6.07, 6.45) is 9.34. The molecule has 214 valence electrons. The van der Waals surface area contributed by atoms with Crippen molar-refractivity contribution in [3.8, 4) is 0 Å². The molecular weight excluding hydrogens is 520 g/mol. The molecule has 1 N–H and O–H groups in total. The first-order chi connectivity index (χ1) is 19.6. The van der Waals surface area contributed by atoms with Gasteiger partial charge < -0.3 is 15.1 Å². The van der Waals surface area contributed by atoms with E-state index < -0.39 is 17.0 Å². The maximum Gasteiger partial charge on any atom is 0.229 e. The normalized spacial score (nSPS) is 23.2. The molecule has 2 saturated carbocycles. The Kier molecular flexibility index (Phi) is 5.93. The SMILES string of the molecule is Cc1cccnc1N1C[C@](C)(c2ccc(F)c(C)c2F)c2c1cnc(NC1CN(C(=O)C3(C4CCC4)CC3)C1)c2C. The molecule has 0 unspecified atom stereocenters. The predicted octanol–water partition coefficient (Wildman–Crippen LogP) is 6.34. The number of fused-ring (bicyclic) bond motifs is 1. The highest BCUT2D eigenvalue weighted by atomic mass is 19.1. The Labute approximate surface area is 240 Å². The van der Waals surface area contributed by atoms with Crippen molar-refractivity contribution in [2.75, 3.05) is 29.9 Å². The standard InChI is InChI=1S/C33H37F2N5O/c1-19-7-6-14-36-30(19)40-18-32(4,24-10-11-25(34)20(2)28(24)35)27-21(3)29(37-15-26(27)40)38-23-16-39(17-23)31(41)33(12-13-33)22-8-5-9-22/h6-7,10-11,14-15,22-23H,5,8-9,12-13,16-18H2,1-4H3,(H,37,38)/t32-/m1/s1. The van der Waals surface area contributed by atoms with E-state index in [1.807, 2.05) is 44.0 Å². The van der Waals surface area contributed by atoms with Gasteiger partial charge in [-0.1, -0.05) is 18.6 Å². The number of rotatable bonds is 6. The van der Waals surface area contributed by atoms with Crippen molar-refractivity contribution >= 4 is 23.2 Å². The zero-order valence-electron chi connectivity index (χ0n) is 24.2. The van der Waals surface area contributed by atoms with Crippen LogP contribution < -0.4 is 10.2 Å². The minimum absolute atomic E-state index is 0.0253. The molecule has 7 rings (SSSR count). The first-order valence-electron chi connectivity index (χ1n) is 14.8. The Morgan fingerprint density at radius 3 is 2.46 bits per heavy atom. The molecule has 6 nitrogen and oxygen atoms in total. The third-order valence-electron chi connectivity index (χ3n) is 10.4. The van der Waals surface area contributed by atoms with Crippen LogP contribution in [0, 0.1) is 43.7 Å². The van der Waals surface area contributed by atoms with Crippen molar-refractivity contribution in [1.29, 1.82) is 0 Å². The van der Waals surface area contributed by atoms with E-state index in [-0.39, 0.29) is 17.0 Å². The van der Waals surface area contributed by atoms with Crippen LogP contribution in [-0.2, 0) is 10.2 Å². The number of benzene rings is 1. The van der Waals surface area contributed by atoms with E-state index >= 15 is 4.39 Å². The number of anilines is 3. The van der Waals surface area contributed by atoms with Crippen molar-refractivity contribution in [2.45, 2.75) is 71.3 Å². The van der Waals surface area contributed by atoms with Crippen LogP contribution in [-0.4, -0.2) is 46.5 Å². The molecular formula is C33H37F2N5O. The van der Waals surface area contributed by atoms with Crippen LogP contribution in [0.4, 0.5) is 26.1 Å². The van der Waals surface area contributed by atoms with Gasteiger partial charge >= 0.3 is 0 Å². The van der Waals surface area contributed by atoms with E-state index in [0.717, 1.165) is 46.9 Å². The third-order valence-corrected chi connectivity index (χ3v) is 10.4. The molecule has 41 heavy (non-hydrogen) atoms. The van der Waals surface area contributed by atoms with Gasteiger partial charge in [-0.25, -0.2) is 18.7 Å². The molecule has 4 heterocycles. The highest BCUT2D eigenvalue weighted by molar-refractivity contribution is 5.87. The average Bonchev–Trinajstić information content (AvgIpc) is 3.62. The second-order valence-corrected chi connectivity index (χ2v) is 12.9. The Morgan fingerprint density at radius 2 is 1.80 bits per heavy atom. The summed E-state index contributed by atoms with van der Waals surface area (Å²) in [4.78, 5) is 26.9. The predicted molar refractivity (Wildman–Crippen MR) is 156 cm³/mol. The van der Waals surface area contributed by atoms with Crippen LogP contribution in [0.25, 0.3) is 0 Å². The van der Waals surface area contributed by atoms with E-state index in [2.05, 4.69) is 15.2 Å². The molecule has 2 aromatic heterocycles. The zero-order valence-corrected chi connectivity index (χ0v) is 24.2. The molecule has 4 aliphatic rings. The lowest BCUT2D eigenvalue weighted by Gasteiger charge is -2.44. The van der Waals surface area contributed by atoms with Crippen molar-refractivity contribution in [1.82, 2.24) is 14.9 Å². The maximum absolute atomic E-state index is 15.7. The fourth-order valence-electron chi connectivity index (χ4n) is 7.52. The summed E-state index contributed by atoms with van der Waals surface area (Å²) in [6, 6.07) is 6.97. The number of aryl methyl sites for hydroxylation is 1. The molecule has 1 amide bonds. The van der Waals surface area contributed by atoms with Crippen molar-refractivity contribution in [3.05, 3.63) is 76.1 Å². The lowest BCUT2D eigenvalue weighted by molar-refractivity contribution is -0.144. The number of halogens is 2. The maximum atomic E-state index is 15.7. The lowest BCUT2D eigenvalue weighted by Crippen LogP contribution is -2.59. The second-order valence-electron chi connectivity index (χ2n) is 12.9. The summed E-state index contributed by atoms with van der Waals surface area (Å²) in [5.74, 6) is 1.40. The van der Waals surface area contributed by atoms with Gasteiger partial charge in [0.15, 0.2) is 0 Å².